The fourth-order valence-corrected chi connectivity index (χ4v) is 3.06. The van der Waals surface area contributed by atoms with Crippen LogP contribution in [-0.4, -0.2) is 44.2 Å². The van der Waals surface area contributed by atoms with E-state index >= 15 is 0 Å². The predicted octanol–water partition coefficient (Wildman–Crippen LogP) is 2.15. The average Bonchev–Trinajstić information content (AvgIpc) is 2.39. The molecule has 3 heteroatoms. The third-order valence-electron chi connectivity index (χ3n) is 3.99. The molecule has 1 aliphatic heterocycles. The Morgan fingerprint density at radius 2 is 1.95 bits per heavy atom. The number of aryl methyl sites for hydroxylation is 2. The van der Waals surface area contributed by atoms with Crippen molar-refractivity contribution in [1.29, 1.82) is 0 Å². The second-order valence-corrected chi connectivity index (χ2v) is 5.61. The quantitative estimate of drug-likeness (QED) is 0.900. The minimum Gasteiger partial charge on any atom is -0.496 e. The highest BCUT2D eigenvalue weighted by Gasteiger charge is 2.18. The molecule has 1 fully saturated rings. The van der Waals surface area contributed by atoms with E-state index in [0.29, 0.717) is 6.04 Å². The zero-order valence-corrected chi connectivity index (χ0v) is 12.6. The molecule has 1 N–H and O–H groups in total. The molecule has 0 spiro atoms. The van der Waals surface area contributed by atoms with Gasteiger partial charge < -0.3 is 10.1 Å². The Kier molecular flexibility index (Phi) is 4.83. The summed E-state index contributed by atoms with van der Waals surface area (Å²) < 4.78 is 5.59. The van der Waals surface area contributed by atoms with E-state index in [4.69, 9.17) is 4.74 Å². The minimum atomic E-state index is 0.567. The molecule has 1 atom stereocenters. The molecule has 2 rings (SSSR count). The zero-order chi connectivity index (χ0) is 13.8. The molecule has 106 valence electrons. The first-order valence-electron chi connectivity index (χ1n) is 7.20. The summed E-state index contributed by atoms with van der Waals surface area (Å²) in [6, 6.07) is 5.03. The molecule has 0 bridgehead atoms. The highest BCUT2D eigenvalue weighted by atomic mass is 16.5. The molecular weight excluding hydrogens is 236 g/mol. The maximum atomic E-state index is 5.59. The van der Waals surface area contributed by atoms with Gasteiger partial charge in [-0.1, -0.05) is 17.7 Å². The summed E-state index contributed by atoms with van der Waals surface area (Å²) in [4.78, 5) is 2.56. The standard InChI is InChI=1S/C16H26N2O/c1-12-9-13(2)16(19-4)15(10-12)11-14(3)18-7-5-17-6-8-18/h9-10,14,17H,5-8,11H2,1-4H3. The molecular formula is C16H26N2O. The Bertz CT molecular complexity index is 425. The number of nitrogens with one attached hydrogen (secondary N) is 1. The van der Waals surface area contributed by atoms with Crippen molar-refractivity contribution in [2.75, 3.05) is 33.3 Å². The van der Waals surface area contributed by atoms with Crippen molar-refractivity contribution in [1.82, 2.24) is 10.2 Å². The fraction of sp³-hybridized carbons (Fsp3) is 0.625. The van der Waals surface area contributed by atoms with Gasteiger partial charge in [0.2, 0.25) is 0 Å². The van der Waals surface area contributed by atoms with E-state index < -0.39 is 0 Å². The zero-order valence-electron chi connectivity index (χ0n) is 12.6. The van der Waals surface area contributed by atoms with Crippen LogP contribution in [0.5, 0.6) is 5.75 Å². The highest BCUT2D eigenvalue weighted by molar-refractivity contribution is 5.44. The fourth-order valence-electron chi connectivity index (χ4n) is 3.06. The van der Waals surface area contributed by atoms with Gasteiger partial charge in [0.25, 0.3) is 0 Å². The number of methoxy groups -OCH3 is 1. The SMILES string of the molecule is COc1c(C)cc(C)cc1CC(C)N1CCNCC1. The van der Waals surface area contributed by atoms with Gasteiger partial charge >= 0.3 is 0 Å². The molecule has 1 aliphatic rings. The van der Waals surface area contributed by atoms with Crippen molar-refractivity contribution >= 4 is 0 Å². The summed E-state index contributed by atoms with van der Waals surface area (Å²) >= 11 is 0. The summed E-state index contributed by atoms with van der Waals surface area (Å²) in [6.45, 7) is 11.1. The lowest BCUT2D eigenvalue weighted by atomic mass is 9.99. The monoisotopic (exact) mass is 262 g/mol. The van der Waals surface area contributed by atoms with Crippen molar-refractivity contribution in [3.8, 4) is 5.75 Å². The van der Waals surface area contributed by atoms with E-state index in [1.807, 2.05) is 0 Å². The van der Waals surface area contributed by atoms with Crippen LogP contribution < -0.4 is 10.1 Å². The van der Waals surface area contributed by atoms with Crippen LogP contribution in [0.25, 0.3) is 0 Å². The molecule has 3 nitrogen and oxygen atoms in total. The van der Waals surface area contributed by atoms with E-state index in [0.717, 1.165) is 38.3 Å². The van der Waals surface area contributed by atoms with Gasteiger partial charge in [-0.15, -0.1) is 0 Å². The molecule has 19 heavy (non-hydrogen) atoms. The number of nitrogens with zero attached hydrogens (tertiary/aromatic N) is 1. The molecule has 1 saturated heterocycles. The average molecular weight is 262 g/mol. The van der Waals surface area contributed by atoms with Gasteiger partial charge in [0.1, 0.15) is 5.75 Å². The van der Waals surface area contributed by atoms with Gasteiger partial charge in [-0.3, -0.25) is 4.90 Å². The van der Waals surface area contributed by atoms with Gasteiger partial charge in [-0.05, 0) is 38.3 Å². The molecule has 0 aromatic heterocycles. The molecule has 0 amide bonds. The molecule has 0 radical (unpaired) electrons. The topological polar surface area (TPSA) is 24.5 Å². The number of hydrogen-bond acceptors (Lipinski definition) is 3. The highest BCUT2D eigenvalue weighted by Crippen LogP contribution is 2.27. The second kappa shape index (κ2) is 6.40. The van der Waals surface area contributed by atoms with Gasteiger partial charge in [0, 0.05) is 32.2 Å². The first-order valence-corrected chi connectivity index (χ1v) is 7.20. The summed E-state index contributed by atoms with van der Waals surface area (Å²) in [7, 11) is 1.77. The van der Waals surface area contributed by atoms with Crippen LogP contribution in [-0.2, 0) is 6.42 Å². The molecule has 1 aromatic carbocycles. The Morgan fingerprint density at radius 1 is 1.26 bits per heavy atom. The molecule has 0 saturated carbocycles. The number of benzene rings is 1. The molecule has 1 unspecified atom stereocenters. The van der Waals surface area contributed by atoms with E-state index in [2.05, 4.69) is 43.1 Å². The summed E-state index contributed by atoms with van der Waals surface area (Å²) in [6.07, 6.45) is 1.06. The van der Waals surface area contributed by atoms with E-state index in [-0.39, 0.29) is 0 Å². The van der Waals surface area contributed by atoms with Gasteiger partial charge in [0.05, 0.1) is 7.11 Å². The summed E-state index contributed by atoms with van der Waals surface area (Å²) in [5.74, 6) is 1.06. The summed E-state index contributed by atoms with van der Waals surface area (Å²) in [5.41, 5.74) is 3.90. The Morgan fingerprint density at radius 3 is 2.58 bits per heavy atom. The first kappa shape index (κ1) is 14.4. The van der Waals surface area contributed by atoms with Crippen LogP contribution in [0.1, 0.15) is 23.6 Å². The Labute approximate surface area is 116 Å². The van der Waals surface area contributed by atoms with Gasteiger partial charge in [0.15, 0.2) is 0 Å². The van der Waals surface area contributed by atoms with Gasteiger partial charge in [-0.25, -0.2) is 0 Å². The van der Waals surface area contributed by atoms with Crippen LogP contribution in [0.15, 0.2) is 12.1 Å². The number of rotatable bonds is 4. The van der Waals surface area contributed by atoms with Crippen molar-refractivity contribution < 1.29 is 4.74 Å². The van der Waals surface area contributed by atoms with E-state index in [9.17, 15) is 0 Å². The molecule has 0 aliphatic carbocycles. The molecule has 1 heterocycles. The lowest BCUT2D eigenvalue weighted by Crippen LogP contribution is -2.48. The second-order valence-electron chi connectivity index (χ2n) is 5.61. The number of piperazine rings is 1. The predicted molar refractivity (Wildman–Crippen MR) is 80.1 cm³/mol. The Balaban J connectivity index is 2.13. The largest absolute Gasteiger partial charge is 0.496 e. The maximum absolute atomic E-state index is 5.59. The van der Waals surface area contributed by atoms with Crippen LogP contribution in [0.3, 0.4) is 0 Å². The maximum Gasteiger partial charge on any atom is 0.125 e. The smallest absolute Gasteiger partial charge is 0.125 e. The van der Waals surface area contributed by atoms with Crippen LogP contribution in [0.4, 0.5) is 0 Å². The first-order chi connectivity index (χ1) is 9.11. The van der Waals surface area contributed by atoms with Crippen LogP contribution >= 0.6 is 0 Å². The van der Waals surface area contributed by atoms with Crippen molar-refractivity contribution in [2.45, 2.75) is 33.2 Å². The van der Waals surface area contributed by atoms with Crippen LogP contribution in [0, 0.1) is 13.8 Å². The van der Waals surface area contributed by atoms with Crippen molar-refractivity contribution in [3.05, 3.63) is 28.8 Å². The lowest BCUT2D eigenvalue weighted by Gasteiger charge is -2.33. The van der Waals surface area contributed by atoms with Crippen LogP contribution in [0.2, 0.25) is 0 Å². The van der Waals surface area contributed by atoms with Crippen molar-refractivity contribution in [3.63, 3.8) is 0 Å². The number of ether oxygens (including phenoxy) is 1. The van der Waals surface area contributed by atoms with Gasteiger partial charge in [-0.2, -0.15) is 0 Å². The van der Waals surface area contributed by atoms with E-state index in [1.165, 1.54) is 16.7 Å². The van der Waals surface area contributed by atoms with Crippen molar-refractivity contribution in [2.24, 2.45) is 0 Å². The number of hydrogen-bond donors (Lipinski definition) is 1. The lowest BCUT2D eigenvalue weighted by molar-refractivity contribution is 0.182. The minimum absolute atomic E-state index is 0.567. The third-order valence-corrected chi connectivity index (χ3v) is 3.99. The van der Waals surface area contributed by atoms with E-state index in [1.54, 1.807) is 7.11 Å². The third kappa shape index (κ3) is 3.48. The summed E-state index contributed by atoms with van der Waals surface area (Å²) in [5, 5.41) is 3.41. The molecule has 1 aromatic rings. The Hall–Kier alpha value is -1.06. The normalized spacial score (nSPS) is 18.3.